The maximum Gasteiger partial charge on any atom is 0.320 e. The maximum atomic E-state index is 14.1. The molecule has 5 nitrogen and oxygen atoms in total. The van der Waals surface area contributed by atoms with Gasteiger partial charge >= 0.3 is 6.01 Å². The highest BCUT2D eigenvalue weighted by Gasteiger charge is 2.25. The molecule has 0 spiro atoms. The molecule has 1 aliphatic rings. The first-order valence-corrected chi connectivity index (χ1v) is 10.2. The highest BCUT2D eigenvalue weighted by Crippen LogP contribution is 2.26. The maximum absolute atomic E-state index is 14.1. The average molecular weight is 452 g/mol. The summed E-state index contributed by atoms with van der Waals surface area (Å²) in [6.45, 7) is 1.55. The third-order valence-electron chi connectivity index (χ3n) is 5.47. The monoisotopic (exact) mass is 452 g/mol. The summed E-state index contributed by atoms with van der Waals surface area (Å²) in [6, 6.07) is 9.21. The summed E-state index contributed by atoms with van der Waals surface area (Å²) >= 11 is 0. The normalized spacial score (nSPS) is 15.4. The average Bonchev–Trinajstić information content (AvgIpc) is 3.20. The molecule has 0 atom stereocenters. The van der Waals surface area contributed by atoms with Crippen LogP contribution in [-0.4, -0.2) is 39.4 Å². The van der Waals surface area contributed by atoms with Gasteiger partial charge in [0.2, 0.25) is 5.82 Å². The first-order valence-electron chi connectivity index (χ1n) is 10.2. The Hall–Kier alpha value is -3.01. The number of halogens is 5. The molecule has 2 aromatic carbocycles. The van der Waals surface area contributed by atoms with E-state index in [1.807, 2.05) is 4.90 Å². The van der Waals surface area contributed by atoms with Gasteiger partial charge in [-0.05, 0) is 56.1 Å². The van der Waals surface area contributed by atoms with E-state index in [9.17, 15) is 22.0 Å². The number of benzene rings is 2. The summed E-state index contributed by atoms with van der Waals surface area (Å²) in [5.74, 6) is -2.45. The Morgan fingerprint density at radius 1 is 0.938 bits per heavy atom. The van der Waals surface area contributed by atoms with Crippen LogP contribution < -0.4 is 4.74 Å². The van der Waals surface area contributed by atoms with Crippen molar-refractivity contribution in [3.63, 3.8) is 0 Å². The molecule has 0 N–H and O–H groups in total. The second-order valence-electron chi connectivity index (χ2n) is 7.65. The number of hydrogen-bond donors (Lipinski definition) is 0. The standard InChI is InChI=1S/C22H21F5N4O/c23-16-5-3-6-17(24)15(16)12-30-10-8-14(9-11-30)13-32-22-28-21(20(26)27)29-31(22)19-7-2-1-4-18(19)25/h1-7,14,20H,8-13H2. The fourth-order valence-corrected chi connectivity index (χ4v) is 3.69. The SMILES string of the molecule is Fc1ccccc1-n1nc(C(F)F)nc1OCC1CCN(Cc2c(F)cccc2F)CC1. The van der Waals surface area contributed by atoms with E-state index in [-0.39, 0.29) is 36.3 Å². The first kappa shape index (κ1) is 22.2. The van der Waals surface area contributed by atoms with E-state index in [2.05, 4.69) is 10.1 Å². The molecule has 2 heterocycles. The Labute approximate surface area is 181 Å². The molecule has 0 radical (unpaired) electrons. The van der Waals surface area contributed by atoms with E-state index < -0.39 is 29.7 Å². The lowest BCUT2D eigenvalue weighted by molar-refractivity contribution is 0.127. The minimum atomic E-state index is -2.92. The number of piperidine rings is 1. The molecule has 4 rings (SSSR count). The van der Waals surface area contributed by atoms with Crippen LogP contribution >= 0.6 is 0 Å². The summed E-state index contributed by atoms with van der Waals surface area (Å²) in [5, 5.41) is 3.69. The van der Waals surface area contributed by atoms with E-state index in [4.69, 9.17) is 4.74 Å². The molecule has 170 valence electrons. The molecule has 3 aromatic rings. The molecule has 1 fully saturated rings. The van der Waals surface area contributed by atoms with Gasteiger partial charge in [0.25, 0.3) is 6.43 Å². The number of hydrogen-bond acceptors (Lipinski definition) is 4. The number of alkyl halides is 2. The second-order valence-corrected chi connectivity index (χ2v) is 7.65. The lowest BCUT2D eigenvalue weighted by Crippen LogP contribution is -2.35. The van der Waals surface area contributed by atoms with Crippen LogP contribution in [-0.2, 0) is 6.54 Å². The van der Waals surface area contributed by atoms with Gasteiger partial charge in [0.15, 0.2) is 0 Å². The molecule has 0 saturated carbocycles. The van der Waals surface area contributed by atoms with E-state index in [1.54, 1.807) is 6.07 Å². The van der Waals surface area contributed by atoms with Crippen LogP contribution in [0.5, 0.6) is 6.01 Å². The molecular formula is C22H21F5N4O. The van der Waals surface area contributed by atoms with Gasteiger partial charge in [-0.15, -0.1) is 5.10 Å². The predicted molar refractivity (Wildman–Crippen MR) is 106 cm³/mol. The number of para-hydroxylation sites is 1. The molecular weight excluding hydrogens is 431 g/mol. The number of nitrogens with zero attached hydrogens (tertiary/aromatic N) is 4. The van der Waals surface area contributed by atoms with E-state index in [0.717, 1.165) is 4.68 Å². The van der Waals surface area contributed by atoms with Crippen molar-refractivity contribution in [1.29, 1.82) is 0 Å². The van der Waals surface area contributed by atoms with E-state index in [1.165, 1.54) is 36.4 Å². The minimum Gasteiger partial charge on any atom is -0.463 e. The third kappa shape index (κ3) is 4.90. The van der Waals surface area contributed by atoms with Gasteiger partial charge in [0.1, 0.15) is 23.1 Å². The highest BCUT2D eigenvalue weighted by atomic mass is 19.3. The zero-order chi connectivity index (χ0) is 22.7. The van der Waals surface area contributed by atoms with Crippen molar-refractivity contribution in [3.8, 4) is 11.7 Å². The van der Waals surface area contributed by atoms with Crippen molar-refractivity contribution in [2.45, 2.75) is 25.8 Å². The summed E-state index contributed by atoms with van der Waals surface area (Å²) in [5.41, 5.74) is 0.00310. The van der Waals surface area contributed by atoms with Crippen LogP contribution in [0.2, 0.25) is 0 Å². The van der Waals surface area contributed by atoms with Crippen LogP contribution in [0.25, 0.3) is 5.69 Å². The molecule has 32 heavy (non-hydrogen) atoms. The van der Waals surface area contributed by atoms with Crippen molar-refractivity contribution >= 4 is 0 Å². The fourth-order valence-electron chi connectivity index (χ4n) is 3.69. The topological polar surface area (TPSA) is 43.2 Å². The van der Waals surface area contributed by atoms with Gasteiger partial charge in [-0.2, -0.15) is 9.67 Å². The van der Waals surface area contributed by atoms with Gasteiger partial charge in [-0.1, -0.05) is 18.2 Å². The molecule has 0 aliphatic carbocycles. The molecule has 0 bridgehead atoms. The van der Waals surface area contributed by atoms with Crippen LogP contribution in [0.15, 0.2) is 42.5 Å². The quantitative estimate of drug-likeness (QED) is 0.478. The zero-order valence-corrected chi connectivity index (χ0v) is 17.0. The summed E-state index contributed by atoms with van der Waals surface area (Å²) < 4.78 is 74.7. The van der Waals surface area contributed by atoms with Crippen molar-refractivity contribution in [2.75, 3.05) is 19.7 Å². The van der Waals surface area contributed by atoms with Crippen LogP contribution in [0.3, 0.4) is 0 Å². The number of aromatic nitrogens is 3. The third-order valence-corrected chi connectivity index (χ3v) is 5.47. The van der Waals surface area contributed by atoms with Gasteiger partial charge < -0.3 is 4.74 Å². The molecule has 1 aliphatic heterocycles. The van der Waals surface area contributed by atoms with Crippen molar-refractivity contribution in [2.24, 2.45) is 5.92 Å². The molecule has 10 heteroatoms. The van der Waals surface area contributed by atoms with Gasteiger partial charge in [-0.25, -0.2) is 22.0 Å². The Morgan fingerprint density at radius 3 is 2.25 bits per heavy atom. The van der Waals surface area contributed by atoms with E-state index in [0.29, 0.717) is 25.9 Å². The first-order chi connectivity index (χ1) is 15.4. The smallest absolute Gasteiger partial charge is 0.320 e. The lowest BCUT2D eigenvalue weighted by atomic mass is 9.97. The summed E-state index contributed by atoms with van der Waals surface area (Å²) in [4.78, 5) is 5.67. The number of likely N-dealkylation sites (tertiary alicyclic amines) is 1. The largest absolute Gasteiger partial charge is 0.463 e. The Balaban J connectivity index is 1.38. The number of ether oxygens (including phenoxy) is 1. The Kier molecular flexibility index (Phi) is 6.69. The highest BCUT2D eigenvalue weighted by molar-refractivity contribution is 5.34. The molecule has 0 amide bonds. The summed E-state index contributed by atoms with van der Waals surface area (Å²) in [7, 11) is 0. The Bertz CT molecular complexity index is 1050. The number of rotatable bonds is 7. The second kappa shape index (κ2) is 9.64. The molecule has 1 aromatic heterocycles. The zero-order valence-electron chi connectivity index (χ0n) is 17.0. The van der Waals surface area contributed by atoms with Crippen LogP contribution in [0, 0.1) is 23.4 Å². The molecule has 1 saturated heterocycles. The van der Waals surface area contributed by atoms with Crippen molar-refractivity contribution in [1.82, 2.24) is 19.7 Å². The van der Waals surface area contributed by atoms with Crippen molar-refractivity contribution in [3.05, 3.63) is 71.3 Å². The minimum absolute atomic E-state index is 0.0383. The van der Waals surface area contributed by atoms with Crippen molar-refractivity contribution < 1.29 is 26.7 Å². The summed E-state index contributed by atoms with van der Waals surface area (Å²) in [6.07, 6.45) is -1.55. The van der Waals surface area contributed by atoms with Gasteiger partial charge in [0.05, 0.1) is 6.61 Å². The van der Waals surface area contributed by atoms with Crippen LogP contribution in [0.4, 0.5) is 22.0 Å². The van der Waals surface area contributed by atoms with Crippen LogP contribution in [0.1, 0.15) is 30.7 Å². The van der Waals surface area contributed by atoms with E-state index >= 15 is 0 Å². The fraction of sp³-hybridized carbons (Fsp3) is 0.364. The van der Waals surface area contributed by atoms with Gasteiger partial charge in [-0.3, -0.25) is 4.90 Å². The van der Waals surface area contributed by atoms with Gasteiger partial charge in [0, 0.05) is 12.1 Å². The molecule has 0 unspecified atom stereocenters. The lowest BCUT2D eigenvalue weighted by Gasteiger charge is -2.31. The predicted octanol–water partition coefficient (Wildman–Crippen LogP) is 4.91. The Morgan fingerprint density at radius 2 is 1.59 bits per heavy atom.